The van der Waals surface area contributed by atoms with Crippen LogP contribution in [0.2, 0.25) is 0 Å². The summed E-state index contributed by atoms with van der Waals surface area (Å²) in [4.78, 5) is 4.08. The molecule has 0 fully saturated rings. The summed E-state index contributed by atoms with van der Waals surface area (Å²) in [5.74, 6) is 0. The number of rotatable bonds is 10. The quantitative estimate of drug-likeness (QED) is 0.517. The molecule has 0 atom stereocenters. The second-order valence-corrected chi connectivity index (χ2v) is 4.41. The van der Waals surface area contributed by atoms with Crippen LogP contribution in [-0.2, 0) is 9.47 Å². The molecule has 0 aliphatic carbocycles. The molecule has 98 valence electrons. The first-order valence-corrected chi connectivity index (χ1v) is 5.65. The van der Waals surface area contributed by atoms with Crippen molar-refractivity contribution in [2.24, 2.45) is 0 Å². The van der Waals surface area contributed by atoms with Gasteiger partial charge in [-0.2, -0.15) is 0 Å². The van der Waals surface area contributed by atoms with E-state index in [1.165, 1.54) is 0 Å². The minimum atomic E-state index is -0.524. The van der Waals surface area contributed by atoms with Gasteiger partial charge in [0.25, 0.3) is 0 Å². The van der Waals surface area contributed by atoms with Gasteiger partial charge in [0.1, 0.15) is 6.10 Å². The predicted molar refractivity (Wildman–Crippen MR) is 64.8 cm³/mol. The van der Waals surface area contributed by atoms with Crippen molar-refractivity contribution < 1.29 is 14.6 Å². The zero-order chi connectivity index (χ0) is 12.4. The summed E-state index contributed by atoms with van der Waals surface area (Å²) < 4.78 is 10.6. The van der Waals surface area contributed by atoms with E-state index < -0.39 is 6.10 Å². The van der Waals surface area contributed by atoms with Crippen LogP contribution < -0.4 is 0 Å². The molecule has 0 heterocycles. The molecule has 1 N–H and O–H groups in total. The summed E-state index contributed by atoms with van der Waals surface area (Å²) in [6.07, 6.45) is -0.524. The van der Waals surface area contributed by atoms with Crippen LogP contribution in [0.4, 0.5) is 0 Å². The highest BCUT2D eigenvalue weighted by Gasteiger charge is 2.04. The Morgan fingerprint density at radius 3 is 1.56 bits per heavy atom. The third-order valence-corrected chi connectivity index (χ3v) is 1.99. The molecule has 0 saturated carbocycles. The molecular formula is C11H26N2O3. The number of likely N-dealkylation sites (N-methyl/N-ethyl adjacent to an activating group) is 2. The second-order valence-electron chi connectivity index (χ2n) is 4.41. The van der Waals surface area contributed by atoms with Gasteiger partial charge in [-0.15, -0.1) is 0 Å². The summed E-state index contributed by atoms with van der Waals surface area (Å²) in [7, 11) is 7.96. The largest absolute Gasteiger partial charge is 0.388 e. The van der Waals surface area contributed by atoms with Crippen molar-refractivity contribution in [3.63, 3.8) is 0 Å². The van der Waals surface area contributed by atoms with Gasteiger partial charge in [-0.1, -0.05) is 0 Å². The first-order chi connectivity index (χ1) is 7.52. The summed E-state index contributed by atoms with van der Waals surface area (Å²) in [6, 6.07) is 0. The Hall–Kier alpha value is -0.200. The van der Waals surface area contributed by atoms with Gasteiger partial charge in [-0.3, -0.25) is 0 Å². The monoisotopic (exact) mass is 234 g/mol. The van der Waals surface area contributed by atoms with E-state index in [0.29, 0.717) is 26.4 Å². The Morgan fingerprint density at radius 2 is 1.25 bits per heavy atom. The highest BCUT2D eigenvalue weighted by atomic mass is 16.5. The predicted octanol–water partition coefficient (Wildman–Crippen LogP) is -0.496. The van der Waals surface area contributed by atoms with Gasteiger partial charge in [-0.25, -0.2) is 0 Å². The van der Waals surface area contributed by atoms with Crippen LogP contribution in [0.3, 0.4) is 0 Å². The lowest BCUT2D eigenvalue weighted by Crippen LogP contribution is -2.26. The SMILES string of the molecule is CN(C)CCOCC(O)COCCN(C)C. The number of aliphatic hydroxyl groups is 1. The van der Waals surface area contributed by atoms with E-state index in [4.69, 9.17) is 9.47 Å². The van der Waals surface area contributed by atoms with Crippen LogP contribution >= 0.6 is 0 Å². The van der Waals surface area contributed by atoms with Crippen LogP contribution in [0.25, 0.3) is 0 Å². The van der Waals surface area contributed by atoms with E-state index in [1.54, 1.807) is 0 Å². The maximum atomic E-state index is 9.50. The van der Waals surface area contributed by atoms with Gasteiger partial charge in [0, 0.05) is 13.1 Å². The zero-order valence-corrected chi connectivity index (χ0v) is 11.0. The third kappa shape index (κ3) is 11.9. The van der Waals surface area contributed by atoms with E-state index in [1.807, 2.05) is 38.0 Å². The number of ether oxygens (including phenoxy) is 2. The summed E-state index contributed by atoms with van der Waals surface area (Å²) in [5.41, 5.74) is 0. The van der Waals surface area contributed by atoms with E-state index in [-0.39, 0.29) is 0 Å². The van der Waals surface area contributed by atoms with Crippen molar-refractivity contribution in [2.45, 2.75) is 6.10 Å². The van der Waals surface area contributed by atoms with E-state index in [2.05, 4.69) is 0 Å². The lowest BCUT2D eigenvalue weighted by atomic mass is 10.4. The molecule has 0 unspecified atom stereocenters. The molecular weight excluding hydrogens is 208 g/mol. The van der Waals surface area contributed by atoms with Crippen molar-refractivity contribution >= 4 is 0 Å². The minimum absolute atomic E-state index is 0.343. The van der Waals surface area contributed by atoms with Crippen molar-refractivity contribution in [1.29, 1.82) is 0 Å². The van der Waals surface area contributed by atoms with Gasteiger partial charge >= 0.3 is 0 Å². The summed E-state index contributed by atoms with van der Waals surface area (Å²) in [5, 5.41) is 9.50. The molecule has 0 bridgehead atoms. The Balaban J connectivity index is 3.21. The molecule has 0 aromatic carbocycles. The van der Waals surface area contributed by atoms with Crippen molar-refractivity contribution in [2.75, 3.05) is 67.7 Å². The van der Waals surface area contributed by atoms with E-state index >= 15 is 0 Å². The number of hydrogen-bond donors (Lipinski definition) is 1. The first-order valence-electron chi connectivity index (χ1n) is 5.65. The molecule has 0 spiro atoms. The molecule has 0 aliphatic rings. The minimum Gasteiger partial charge on any atom is -0.388 e. The van der Waals surface area contributed by atoms with Crippen LogP contribution in [0, 0.1) is 0 Å². The Kier molecular flexibility index (Phi) is 9.86. The average Bonchev–Trinajstić information content (AvgIpc) is 2.19. The van der Waals surface area contributed by atoms with Crippen LogP contribution in [0.5, 0.6) is 0 Å². The molecule has 5 nitrogen and oxygen atoms in total. The average molecular weight is 234 g/mol. The van der Waals surface area contributed by atoms with Crippen LogP contribution in [0.1, 0.15) is 0 Å². The Morgan fingerprint density at radius 1 is 0.875 bits per heavy atom. The van der Waals surface area contributed by atoms with Crippen molar-refractivity contribution in [1.82, 2.24) is 9.80 Å². The normalized spacial score (nSPS) is 12.0. The molecule has 0 aromatic heterocycles. The molecule has 0 rings (SSSR count). The first kappa shape index (κ1) is 15.8. The molecule has 0 aliphatic heterocycles. The third-order valence-electron chi connectivity index (χ3n) is 1.99. The van der Waals surface area contributed by atoms with E-state index in [0.717, 1.165) is 13.1 Å². The van der Waals surface area contributed by atoms with Crippen molar-refractivity contribution in [3.8, 4) is 0 Å². The standard InChI is InChI=1S/C11H26N2O3/c1-12(2)5-7-15-9-11(14)10-16-8-6-13(3)4/h11,14H,5-10H2,1-4H3. The number of nitrogens with zero attached hydrogens (tertiary/aromatic N) is 2. The van der Waals surface area contributed by atoms with Gasteiger partial charge in [-0.05, 0) is 28.2 Å². The highest BCUT2D eigenvalue weighted by molar-refractivity contribution is 4.52. The number of hydrogen-bond acceptors (Lipinski definition) is 5. The summed E-state index contributed by atoms with van der Waals surface area (Å²) >= 11 is 0. The smallest absolute Gasteiger partial charge is 0.101 e. The lowest BCUT2D eigenvalue weighted by Gasteiger charge is -2.14. The maximum absolute atomic E-state index is 9.50. The molecule has 16 heavy (non-hydrogen) atoms. The van der Waals surface area contributed by atoms with Crippen LogP contribution in [0.15, 0.2) is 0 Å². The molecule has 5 heteroatoms. The number of aliphatic hydroxyl groups excluding tert-OH is 1. The van der Waals surface area contributed by atoms with Gasteiger partial charge in [0.15, 0.2) is 0 Å². The maximum Gasteiger partial charge on any atom is 0.101 e. The van der Waals surface area contributed by atoms with E-state index in [9.17, 15) is 5.11 Å². The van der Waals surface area contributed by atoms with Gasteiger partial charge < -0.3 is 24.4 Å². The molecule has 0 radical (unpaired) electrons. The molecule has 0 saturated heterocycles. The Labute approximate surface area is 98.9 Å². The second kappa shape index (κ2) is 9.99. The fourth-order valence-electron chi connectivity index (χ4n) is 0.981. The molecule has 0 amide bonds. The summed E-state index contributed by atoms with van der Waals surface area (Å²) in [6.45, 7) is 3.71. The molecule has 0 aromatic rings. The zero-order valence-electron chi connectivity index (χ0n) is 11.0. The topological polar surface area (TPSA) is 45.2 Å². The Bertz CT molecular complexity index is 138. The van der Waals surface area contributed by atoms with Crippen molar-refractivity contribution in [3.05, 3.63) is 0 Å². The van der Waals surface area contributed by atoms with Gasteiger partial charge in [0.05, 0.1) is 26.4 Å². The lowest BCUT2D eigenvalue weighted by molar-refractivity contribution is -0.0227. The fraction of sp³-hybridized carbons (Fsp3) is 1.00. The fourth-order valence-corrected chi connectivity index (χ4v) is 0.981. The van der Waals surface area contributed by atoms with Crippen LogP contribution in [-0.4, -0.2) is 88.7 Å². The highest BCUT2D eigenvalue weighted by Crippen LogP contribution is 1.89. The van der Waals surface area contributed by atoms with Gasteiger partial charge in [0.2, 0.25) is 0 Å².